The molecule has 0 aromatic heterocycles. The van der Waals surface area contributed by atoms with Crippen LogP contribution in [0, 0.1) is 5.92 Å². The number of carboxylic acid groups (broad SMARTS) is 1. The molecule has 0 atom stereocenters. The van der Waals surface area contributed by atoms with Gasteiger partial charge in [0.15, 0.2) is 11.5 Å². The van der Waals surface area contributed by atoms with E-state index in [2.05, 4.69) is 10.6 Å². The van der Waals surface area contributed by atoms with Crippen molar-refractivity contribution in [2.24, 2.45) is 5.92 Å². The molecule has 1 aliphatic rings. The SMILES string of the molecule is COc1ccc(CCNC(=O)NC2CCC(C(=O)O)CC2)cc1OC. The van der Waals surface area contributed by atoms with Crippen molar-refractivity contribution in [1.82, 2.24) is 10.6 Å². The third kappa shape index (κ3) is 5.55. The highest BCUT2D eigenvalue weighted by Crippen LogP contribution is 2.27. The molecule has 2 rings (SSSR count). The third-order valence-corrected chi connectivity index (χ3v) is 4.56. The summed E-state index contributed by atoms with van der Waals surface area (Å²) in [4.78, 5) is 22.9. The molecular formula is C18H26N2O5. The van der Waals surface area contributed by atoms with Crippen LogP contribution in [0.15, 0.2) is 18.2 Å². The molecule has 0 radical (unpaired) electrons. The highest BCUT2D eigenvalue weighted by molar-refractivity contribution is 5.74. The number of rotatable bonds is 7. The maximum absolute atomic E-state index is 12.0. The Hall–Kier alpha value is -2.44. The van der Waals surface area contributed by atoms with Crippen molar-refractivity contribution in [3.05, 3.63) is 23.8 Å². The molecule has 0 unspecified atom stereocenters. The molecule has 7 nitrogen and oxygen atoms in total. The van der Waals surface area contributed by atoms with E-state index >= 15 is 0 Å². The number of carboxylic acids is 1. The lowest BCUT2D eigenvalue weighted by Gasteiger charge is -2.26. The smallest absolute Gasteiger partial charge is 0.315 e. The lowest BCUT2D eigenvalue weighted by atomic mass is 9.86. The van der Waals surface area contributed by atoms with Crippen LogP contribution in [-0.2, 0) is 11.2 Å². The Morgan fingerprint density at radius 1 is 1.12 bits per heavy atom. The van der Waals surface area contributed by atoms with Gasteiger partial charge in [-0.25, -0.2) is 4.79 Å². The number of benzene rings is 1. The number of carbonyl (C=O) groups is 2. The molecule has 1 aromatic carbocycles. The standard InChI is InChI=1S/C18H26N2O5/c1-24-15-8-3-12(11-16(15)25-2)9-10-19-18(23)20-14-6-4-13(5-7-14)17(21)22/h3,8,11,13-14H,4-7,9-10H2,1-2H3,(H,21,22)(H2,19,20,23). The second-order valence-corrected chi connectivity index (χ2v) is 6.23. The topological polar surface area (TPSA) is 96.9 Å². The quantitative estimate of drug-likeness (QED) is 0.700. The van der Waals surface area contributed by atoms with Gasteiger partial charge < -0.3 is 25.2 Å². The summed E-state index contributed by atoms with van der Waals surface area (Å²) in [6, 6.07) is 5.52. The molecule has 1 aliphatic carbocycles. The minimum absolute atomic E-state index is 0.0525. The molecule has 25 heavy (non-hydrogen) atoms. The van der Waals surface area contributed by atoms with E-state index in [1.54, 1.807) is 14.2 Å². The fraction of sp³-hybridized carbons (Fsp3) is 0.556. The Morgan fingerprint density at radius 2 is 1.80 bits per heavy atom. The average molecular weight is 350 g/mol. The number of urea groups is 1. The third-order valence-electron chi connectivity index (χ3n) is 4.56. The van der Waals surface area contributed by atoms with E-state index < -0.39 is 5.97 Å². The molecule has 0 saturated heterocycles. The number of hydrogen-bond donors (Lipinski definition) is 3. The van der Waals surface area contributed by atoms with Crippen LogP contribution in [0.1, 0.15) is 31.2 Å². The number of hydrogen-bond acceptors (Lipinski definition) is 4. The number of nitrogens with one attached hydrogen (secondary N) is 2. The van der Waals surface area contributed by atoms with Crippen molar-refractivity contribution in [1.29, 1.82) is 0 Å². The summed E-state index contributed by atoms with van der Waals surface area (Å²) in [5.74, 6) is 0.331. The Bertz CT molecular complexity index is 597. The number of carbonyl (C=O) groups excluding carboxylic acids is 1. The number of amides is 2. The molecule has 0 spiro atoms. The van der Waals surface area contributed by atoms with Crippen LogP contribution in [0.25, 0.3) is 0 Å². The lowest BCUT2D eigenvalue weighted by Crippen LogP contribution is -2.44. The summed E-state index contributed by atoms with van der Waals surface area (Å²) in [5, 5.41) is 14.7. The second-order valence-electron chi connectivity index (χ2n) is 6.23. The monoisotopic (exact) mass is 350 g/mol. The summed E-state index contributed by atoms with van der Waals surface area (Å²) in [6.07, 6.45) is 3.33. The van der Waals surface area contributed by atoms with Gasteiger partial charge in [0.1, 0.15) is 0 Å². The van der Waals surface area contributed by atoms with Gasteiger partial charge in [0.05, 0.1) is 20.1 Å². The van der Waals surface area contributed by atoms with Crippen LogP contribution >= 0.6 is 0 Å². The average Bonchev–Trinajstić information content (AvgIpc) is 2.62. The first-order chi connectivity index (χ1) is 12.0. The van der Waals surface area contributed by atoms with Crippen molar-refractivity contribution in [2.45, 2.75) is 38.1 Å². The molecule has 0 aliphatic heterocycles. The first-order valence-electron chi connectivity index (χ1n) is 8.51. The van der Waals surface area contributed by atoms with Gasteiger partial charge in [-0.2, -0.15) is 0 Å². The fourth-order valence-electron chi connectivity index (χ4n) is 3.08. The van der Waals surface area contributed by atoms with Crippen molar-refractivity contribution in [2.75, 3.05) is 20.8 Å². The zero-order chi connectivity index (χ0) is 18.2. The molecule has 2 amide bonds. The first kappa shape index (κ1) is 18.9. The van der Waals surface area contributed by atoms with Crippen LogP contribution in [0.5, 0.6) is 11.5 Å². The number of methoxy groups -OCH3 is 2. The van der Waals surface area contributed by atoms with Gasteiger partial charge >= 0.3 is 12.0 Å². The van der Waals surface area contributed by atoms with E-state index in [-0.39, 0.29) is 18.0 Å². The fourth-order valence-corrected chi connectivity index (χ4v) is 3.08. The van der Waals surface area contributed by atoms with Crippen molar-refractivity contribution in [3.63, 3.8) is 0 Å². The van der Waals surface area contributed by atoms with E-state index in [9.17, 15) is 9.59 Å². The molecule has 0 bridgehead atoms. The van der Waals surface area contributed by atoms with Crippen molar-refractivity contribution >= 4 is 12.0 Å². The van der Waals surface area contributed by atoms with Crippen LogP contribution in [0.4, 0.5) is 4.79 Å². The van der Waals surface area contributed by atoms with E-state index in [0.29, 0.717) is 50.1 Å². The summed E-state index contributed by atoms with van der Waals surface area (Å²) < 4.78 is 10.5. The van der Waals surface area contributed by atoms with Crippen molar-refractivity contribution < 1.29 is 24.2 Å². The van der Waals surface area contributed by atoms with E-state index in [4.69, 9.17) is 14.6 Å². The molecule has 7 heteroatoms. The molecule has 3 N–H and O–H groups in total. The van der Waals surface area contributed by atoms with Crippen LogP contribution in [0.2, 0.25) is 0 Å². The molecule has 138 valence electrons. The number of ether oxygens (including phenoxy) is 2. The highest BCUT2D eigenvalue weighted by Gasteiger charge is 2.26. The van der Waals surface area contributed by atoms with Gasteiger partial charge in [0, 0.05) is 12.6 Å². The van der Waals surface area contributed by atoms with Crippen LogP contribution < -0.4 is 20.1 Å². The Morgan fingerprint density at radius 3 is 2.40 bits per heavy atom. The second kappa shape index (κ2) is 9.15. The Kier molecular flexibility index (Phi) is 6.91. The van der Waals surface area contributed by atoms with Crippen LogP contribution in [0.3, 0.4) is 0 Å². The molecule has 1 aromatic rings. The van der Waals surface area contributed by atoms with E-state index in [1.165, 1.54) is 0 Å². The molecule has 1 fully saturated rings. The minimum Gasteiger partial charge on any atom is -0.493 e. The summed E-state index contributed by atoms with van der Waals surface area (Å²) >= 11 is 0. The van der Waals surface area contributed by atoms with Gasteiger partial charge in [-0.05, 0) is 49.8 Å². The predicted molar refractivity (Wildman–Crippen MR) is 93.2 cm³/mol. The van der Waals surface area contributed by atoms with Gasteiger partial charge in [0.25, 0.3) is 0 Å². The van der Waals surface area contributed by atoms with Gasteiger partial charge in [-0.3, -0.25) is 4.79 Å². The Balaban J connectivity index is 1.71. The van der Waals surface area contributed by atoms with E-state index in [1.807, 2.05) is 18.2 Å². The maximum atomic E-state index is 12.0. The minimum atomic E-state index is -0.738. The normalized spacial score (nSPS) is 19.8. The molecular weight excluding hydrogens is 324 g/mol. The number of aliphatic carboxylic acids is 1. The predicted octanol–water partition coefficient (Wildman–Crippen LogP) is 2.19. The molecule has 0 heterocycles. The largest absolute Gasteiger partial charge is 0.493 e. The van der Waals surface area contributed by atoms with Gasteiger partial charge in [0.2, 0.25) is 0 Å². The van der Waals surface area contributed by atoms with Crippen molar-refractivity contribution in [3.8, 4) is 11.5 Å². The first-order valence-corrected chi connectivity index (χ1v) is 8.51. The zero-order valence-corrected chi connectivity index (χ0v) is 14.7. The highest BCUT2D eigenvalue weighted by atomic mass is 16.5. The van der Waals surface area contributed by atoms with Crippen LogP contribution in [-0.4, -0.2) is 43.9 Å². The summed E-state index contributed by atoms with van der Waals surface area (Å²) in [6.45, 7) is 0.506. The summed E-state index contributed by atoms with van der Waals surface area (Å²) in [7, 11) is 3.18. The lowest BCUT2D eigenvalue weighted by molar-refractivity contribution is -0.142. The van der Waals surface area contributed by atoms with Gasteiger partial charge in [-0.1, -0.05) is 6.07 Å². The zero-order valence-electron chi connectivity index (χ0n) is 14.7. The van der Waals surface area contributed by atoms with E-state index in [0.717, 1.165) is 5.56 Å². The van der Waals surface area contributed by atoms with Gasteiger partial charge in [-0.15, -0.1) is 0 Å². The Labute approximate surface area is 147 Å². The molecule has 1 saturated carbocycles. The maximum Gasteiger partial charge on any atom is 0.315 e. The summed E-state index contributed by atoms with van der Waals surface area (Å²) in [5.41, 5.74) is 1.04.